The average Bonchev–Trinajstić information content (AvgIpc) is 3.07. The molecule has 1 saturated heterocycles. The first-order chi connectivity index (χ1) is 13.0. The van der Waals surface area contributed by atoms with Crippen LogP contribution in [0.25, 0.3) is 6.08 Å². The van der Waals surface area contributed by atoms with E-state index in [4.69, 9.17) is 11.6 Å². The second-order valence-electron chi connectivity index (χ2n) is 5.96. The maximum Gasteiger partial charge on any atom is 0.288 e. The standard InChI is InChI=1S/C19H16ClN3O4/c20-14-9-7-13(12-17(14)23(26)27)8-10-18(24)21-15-4-1-2-5-16(15)22-11-3-6-19(22)25/h1-2,4-5,7-10,12H,3,6,11H2,(H,21,24)/b10-8+. The molecule has 2 aromatic rings. The monoisotopic (exact) mass is 385 g/mol. The van der Waals surface area contributed by atoms with Crippen LogP contribution in [0.2, 0.25) is 5.02 Å². The van der Waals surface area contributed by atoms with Crippen LogP contribution in [0.15, 0.2) is 48.5 Å². The summed E-state index contributed by atoms with van der Waals surface area (Å²) >= 11 is 5.78. The number of carbonyl (C=O) groups excluding carboxylic acids is 2. The Morgan fingerprint density at radius 3 is 2.74 bits per heavy atom. The van der Waals surface area contributed by atoms with Gasteiger partial charge in [0.15, 0.2) is 0 Å². The first-order valence-electron chi connectivity index (χ1n) is 8.28. The smallest absolute Gasteiger partial charge is 0.288 e. The van der Waals surface area contributed by atoms with Gasteiger partial charge in [-0.3, -0.25) is 19.7 Å². The molecule has 7 nitrogen and oxygen atoms in total. The lowest BCUT2D eigenvalue weighted by Crippen LogP contribution is -2.25. The number of benzene rings is 2. The van der Waals surface area contributed by atoms with Crippen LogP contribution in [0.4, 0.5) is 17.1 Å². The molecule has 0 aromatic heterocycles. The summed E-state index contributed by atoms with van der Waals surface area (Å²) in [5.74, 6) is -0.382. The molecule has 0 atom stereocenters. The van der Waals surface area contributed by atoms with E-state index in [-0.39, 0.29) is 16.6 Å². The van der Waals surface area contributed by atoms with E-state index in [0.717, 1.165) is 6.42 Å². The highest BCUT2D eigenvalue weighted by atomic mass is 35.5. The van der Waals surface area contributed by atoms with Gasteiger partial charge in [-0.25, -0.2) is 0 Å². The molecular formula is C19H16ClN3O4. The highest BCUT2D eigenvalue weighted by Gasteiger charge is 2.23. The number of nitrogens with one attached hydrogen (secondary N) is 1. The third-order valence-corrected chi connectivity index (χ3v) is 4.44. The summed E-state index contributed by atoms with van der Waals surface area (Å²) in [6, 6.07) is 11.4. The highest BCUT2D eigenvalue weighted by molar-refractivity contribution is 6.32. The summed E-state index contributed by atoms with van der Waals surface area (Å²) in [6.07, 6.45) is 4.02. The molecule has 138 valence electrons. The summed E-state index contributed by atoms with van der Waals surface area (Å²) in [7, 11) is 0. The number of anilines is 2. The van der Waals surface area contributed by atoms with Gasteiger partial charge in [0.25, 0.3) is 5.69 Å². The number of para-hydroxylation sites is 2. The van der Waals surface area contributed by atoms with Crippen LogP contribution < -0.4 is 10.2 Å². The van der Waals surface area contributed by atoms with Crippen LogP contribution in [0, 0.1) is 10.1 Å². The highest BCUT2D eigenvalue weighted by Crippen LogP contribution is 2.29. The van der Waals surface area contributed by atoms with Crippen LogP contribution in [-0.4, -0.2) is 23.3 Å². The molecular weight excluding hydrogens is 370 g/mol. The molecule has 1 aliphatic rings. The maximum absolute atomic E-state index is 12.3. The van der Waals surface area contributed by atoms with Gasteiger partial charge >= 0.3 is 0 Å². The van der Waals surface area contributed by atoms with Crippen molar-refractivity contribution >= 4 is 46.6 Å². The zero-order valence-electron chi connectivity index (χ0n) is 14.2. The quantitative estimate of drug-likeness (QED) is 0.477. The van der Waals surface area contributed by atoms with Gasteiger partial charge in [-0.1, -0.05) is 29.8 Å². The Bertz CT molecular complexity index is 942. The molecule has 0 radical (unpaired) electrons. The zero-order valence-corrected chi connectivity index (χ0v) is 15.0. The molecule has 0 bridgehead atoms. The van der Waals surface area contributed by atoms with Crippen molar-refractivity contribution in [1.82, 2.24) is 0 Å². The van der Waals surface area contributed by atoms with Gasteiger partial charge in [0, 0.05) is 25.1 Å². The number of nitrogens with zero attached hydrogens (tertiary/aromatic N) is 2. The van der Waals surface area contributed by atoms with Gasteiger partial charge in [0.2, 0.25) is 11.8 Å². The van der Waals surface area contributed by atoms with Crippen LogP contribution in [0.1, 0.15) is 18.4 Å². The molecule has 2 amide bonds. The fourth-order valence-corrected chi connectivity index (χ4v) is 3.02. The Labute approximate surface area is 160 Å². The van der Waals surface area contributed by atoms with Crippen molar-refractivity contribution in [2.24, 2.45) is 0 Å². The van der Waals surface area contributed by atoms with Gasteiger partial charge in [0.1, 0.15) is 5.02 Å². The van der Waals surface area contributed by atoms with E-state index < -0.39 is 10.8 Å². The number of hydrogen-bond acceptors (Lipinski definition) is 4. The van der Waals surface area contributed by atoms with E-state index in [2.05, 4.69) is 5.32 Å². The predicted molar refractivity (Wildman–Crippen MR) is 104 cm³/mol. The number of carbonyl (C=O) groups is 2. The number of nitro groups is 1. The third-order valence-electron chi connectivity index (χ3n) is 4.12. The molecule has 8 heteroatoms. The molecule has 0 spiro atoms. The molecule has 0 unspecified atom stereocenters. The third kappa shape index (κ3) is 4.32. The van der Waals surface area contributed by atoms with Gasteiger partial charge in [-0.15, -0.1) is 0 Å². The topological polar surface area (TPSA) is 92.5 Å². The van der Waals surface area contributed by atoms with Gasteiger partial charge in [-0.05, 0) is 36.3 Å². The van der Waals surface area contributed by atoms with Crippen LogP contribution >= 0.6 is 11.6 Å². The Hall–Kier alpha value is -3.19. The van der Waals surface area contributed by atoms with Gasteiger partial charge in [0.05, 0.1) is 16.3 Å². The molecule has 0 aliphatic carbocycles. The SMILES string of the molecule is O=C(/C=C/c1ccc(Cl)c([N+](=O)[O-])c1)Nc1ccccc1N1CCCC1=O. The lowest BCUT2D eigenvalue weighted by molar-refractivity contribution is -0.384. The normalized spacial score (nSPS) is 14.0. The Morgan fingerprint density at radius 1 is 1.26 bits per heavy atom. The van der Waals surface area contributed by atoms with Crippen LogP contribution in [-0.2, 0) is 9.59 Å². The summed E-state index contributed by atoms with van der Waals surface area (Å²) in [5, 5.41) is 13.7. The van der Waals surface area contributed by atoms with E-state index in [1.807, 2.05) is 0 Å². The molecule has 1 N–H and O–H groups in total. The van der Waals surface area contributed by atoms with Crippen LogP contribution in [0.3, 0.4) is 0 Å². The van der Waals surface area contributed by atoms with E-state index in [9.17, 15) is 19.7 Å². The van der Waals surface area contributed by atoms with Crippen molar-refractivity contribution in [3.8, 4) is 0 Å². The Kier molecular flexibility index (Phi) is 5.52. The number of rotatable bonds is 5. The average molecular weight is 386 g/mol. The van der Waals surface area contributed by atoms with Crippen molar-refractivity contribution in [3.05, 3.63) is 69.2 Å². The molecule has 3 rings (SSSR count). The Morgan fingerprint density at radius 2 is 2.04 bits per heavy atom. The van der Waals surface area contributed by atoms with Gasteiger partial charge in [-0.2, -0.15) is 0 Å². The second kappa shape index (κ2) is 8.01. The lowest BCUT2D eigenvalue weighted by atomic mass is 10.2. The summed E-state index contributed by atoms with van der Waals surface area (Å²) in [4.78, 5) is 36.2. The largest absolute Gasteiger partial charge is 0.321 e. The number of nitro benzene ring substituents is 1. The number of hydrogen-bond donors (Lipinski definition) is 1. The van der Waals surface area contributed by atoms with E-state index in [0.29, 0.717) is 29.9 Å². The fourth-order valence-electron chi connectivity index (χ4n) is 2.84. The second-order valence-corrected chi connectivity index (χ2v) is 6.36. The molecule has 1 fully saturated rings. The van der Waals surface area contributed by atoms with E-state index in [1.165, 1.54) is 24.3 Å². The molecule has 1 aliphatic heterocycles. The van der Waals surface area contributed by atoms with E-state index >= 15 is 0 Å². The summed E-state index contributed by atoms with van der Waals surface area (Å²) in [5.41, 5.74) is 1.44. The Balaban J connectivity index is 1.75. The number of amides is 2. The van der Waals surface area contributed by atoms with Crippen molar-refractivity contribution in [1.29, 1.82) is 0 Å². The van der Waals surface area contributed by atoms with Crippen molar-refractivity contribution in [3.63, 3.8) is 0 Å². The minimum Gasteiger partial charge on any atom is -0.321 e. The van der Waals surface area contributed by atoms with Crippen molar-refractivity contribution in [2.45, 2.75) is 12.8 Å². The number of halogens is 1. The van der Waals surface area contributed by atoms with E-state index in [1.54, 1.807) is 35.2 Å². The fraction of sp³-hybridized carbons (Fsp3) is 0.158. The minimum absolute atomic E-state index is 0.0284. The lowest BCUT2D eigenvalue weighted by Gasteiger charge is -2.19. The first-order valence-corrected chi connectivity index (χ1v) is 8.66. The van der Waals surface area contributed by atoms with Crippen molar-refractivity contribution in [2.75, 3.05) is 16.8 Å². The summed E-state index contributed by atoms with van der Waals surface area (Å²) < 4.78 is 0. The predicted octanol–water partition coefficient (Wildman–Crippen LogP) is 4.03. The zero-order chi connectivity index (χ0) is 19.4. The van der Waals surface area contributed by atoms with Gasteiger partial charge < -0.3 is 10.2 Å². The summed E-state index contributed by atoms with van der Waals surface area (Å²) in [6.45, 7) is 0.621. The minimum atomic E-state index is -0.580. The maximum atomic E-state index is 12.3. The first kappa shape index (κ1) is 18.6. The molecule has 27 heavy (non-hydrogen) atoms. The van der Waals surface area contributed by atoms with Crippen molar-refractivity contribution < 1.29 is 14.5 Å². The molecule has 0 saturated carbocycles. The van der Waals surface area contributed by atoms with Crippen LogP contribution in [0.5, 0.6) is 0 Å². The molecule has 2 aromatic carbocycles. The molecule has 1 heterocycles.